The van der Waals surface area contributed by atoms with Crippen molar-refractivity contribution in [1.82, 2.24) is 4.98 Å². The van der Waals surface area contributed by atoms with E-state index in [2.05, 4.69) is 4.98 Å². The molecule has 0 spiro atoms. The Balaban J connectivity index is 3.13. The average Bonchev–Trinajstić information content (AvgIpc) is 2.16. The fourth-order valence-electron chi connectivity index (χ4n) is 0.872. The molecule has 1 amide bonds. The summed E-state index contributed by atoms with van der Waals surface area (Å²) in [6.45, 7) is 0. The van der Waals surface area contributed by atoms with Gasteiger partial charge in [-0.05, 0) is 6.26 Å². The minimum atomic E-state index is -0.550. The number of methoxy groups -OCH3 is 1. The highest BCUT2D eigenvalue weighted by atomic mass is 32.2. The third-order valence-corrected chi connectivity index (χ3v) is 2.27. The largest absolute Gasteiger partial charge is 0.495 e. The van der Waals surface area contributed by atoms with Gasteiger partial charge in [0.15, 0.2) is 0 Å². The molecular weight excluding hydrogens is 188 g/mol. The fraction of sp³-hybridized carbons (Fsp3) is 0.250. The van der Waals surface area contributed by atoms with Gasteiger partial charge in [0.05, 0.1) is 12.0 Å². The molecule has 0 aliphatic rings. The third-order valence-electron chi connectivity index (χ3n) is 1.52. The molecule has 0 fully saturated rings. The molecule has 13 heavy (non-hydrogen) atoms. The predicted molar refractivity (Wildman–Crippen MR) is 51.1 cm³/mol. The first-order valence-electron chi connectivity index (χ1n) is 3.57. The summed E-state index contributed by atoms with van der Waals surface area (Å²) in [5.74, 6) is 0.0715. The number of rotatable bonds is 3. The molecule has 0 aliphatic heterocycles. The van der Waals surface area contributed by atoms with E-state index in [1.165, 1.54) is 17.8 Å². The number of aromatic nitrogens is 1. The van der Waals surface area contributed by atoms with Crippen LogP contribution in [0.25, 0.3) is 0 Å². The van der Waals surface area contributed by atoms with E-state index in [1.54, 1.807) is 13.3 Å². The topological polar surface area (TPSA) is 65.2 Å². The second-order valence-corrected chi connectivity index (χ2v) is 3.14. The lowest BCUT2D eigenvalue weighted by atomic mass is 10.3. The van der Waals surface area contributed by atoms with Gasteiger partial charge in [-0.25, -0.2) is 4.98 Å². The number of hydrogen-bond acceptors (Lipinski definition) is 4. The minimum absolute atomic E-state index is 0.217. The average molecular weight is 198 g/mol. The van der Waals surface area contributed by atoms with Crippen LogP contribution in [0.2, 0.25) is 0 Å². The van der Waals surface area contributed by atoms with E-state index >= 15 is 0 Å². The Hall–Kier alpha value is -1.23. The van der Waals surface area contributed by atoms with Gasteiger partial charge in [0.1, 0.15) is 11.4 Å². The van der Waals surface area contributed by atoms with Crippen molar-refractivity contribution in [2.24, 2.45) is 5.73 Å². The summed E-state index contributed by atoms with van der Waals surface area (Å²) in [7, 11) is 1.54. The Morgan fingerprint density at radius 2 is 2.38 bits per heavy atom. The Labute approximate surface area is 80.5 Å². The van der Waals surface area contributed by atoms with Crippen LogP contribution in [0, 0.1) is 0 Å². The minimum Gasteiger partial charge on any atom is -0.495 e. The predicted octanol–water partition coefficient (Wildman–Crippen LogP) is 0.911. The van der Waals surface area contributed by atoms with Crippen LogP contribution in [-0.2, 0) is 0 Å². The second-order valence-electron chi connectivity index (χ2n) is 2.29. The molecule has 0 saturated heterocycles. The van der Waals surface area contributed by atoms with Crippen LogP contribution in [0.15, 0.2) is 17.2 Å². The molecule has 0 aromatic carbocycles. The highest BCUT2D eigenvalue weighted by molar-refractivity contribution is 7.98. The number of nitrogens with zero attached hydrogens (tertiary/aromatic N) is 1. The molecular formula is C8H10N2O2S. The molecule has 0 radical (unpaired) electrons. The van der Waals surface area contributed by atoms with Gasteiger partial charge in [-0.3, -0.25) is 4.79 Å². The molecule has 0 unspecified atom stereocenters. The number of hydrogen-bond donors (Lipinski definition) is 1. The van der Waals surface area contributed by atoms with Crippen LogP contribution in [0.5, 0.6) is 5.75 Å². The SMILES string of the molecule is COc1cc(C(N)=O)ncc1SC. The third kappa shape index (κ3) is 2.12. The maximum absolute atomic E-state index is 10.8. The standard InChI is InChI=1S/C8H10N2O2S/c1-12-6-3-5(8(9)11)10-4-7(6)13-2/h3-4H,1-2H3,(H2,9,11). The Morgan fingerprint density at radius 1 is 1.69 bits per heavy atom. The van der Waals surface area contributed by atoms with Gasteiger partial charge in [-0.2, -0.15) is 0 Å². The molecule has 1 rings (SSSR count). The monoisotopic (exact) mass is 198 g/mol. The van der Waals surface area contributed by atoms with Crippen LogP contribution in [0.3, 0.4) is 0 Å². The summed E-state index contributed by atoms with van der Waals surface area (Å²) >= 11 is 1.50. The quantitative estimate of drug-likeness (QED) is 0.733. The molecule has 0 saturated carbocycles. The van der Waals surface area contributed by atoms with Crippen molar-refractivity contribution in [3.63, 3.8) is 0 Å². The van der Waals surface area contributed by atoms with Crippen molar-refractivity contribution in [3.8, 4) is 5.75 Å². The normalized spacial score (nSPS) is 9.69. The molecule has 1 heterocycles. The first-order chi connectivity index (χ1) is 6.19. The van der Waals surface area contributed by atoms with Gasteiger partial charge in [0, 0.05) is 12.3 Å². The zero-order chi connectivity index (χ0) is 9.84. The lowest BCUT2D eigenvalue weighted by Gasteiger charge is -2.05. The van der Waals surface area contributed by atoms with Gasteiger partial charge in [-0.15, -0.1) is 11.8 Å². The molecule has 1 aromatic rings. The van der Waals surface area contributed by atoms with Gasteiger partial charge < -0.3 is 10.5 Å². The number of nitrogens with two attached hydrogens (primary N) is 1. The maximum Gasteiger partial charge on any atom is 0.267 e. The molecule has 5 heteroatoms. The van der Waals surface area contributed by atoms with Crippen LogP contribution >= 0.6 is 11.8 Å². The number of amides is 1. The van der Waals surface area contributed by atoms with Crippen molar-refractivity contribution < 1.29 is 9.53 Å². The number of ether oxygens (including phenoxy) is 1. The molecule has 70 valence electrons. The van der Waals surface area contributed by atoms with Crippen LogP contribution in [-0.4, -0.2) is 24.3 Å². The number of carbonyl (C=O) groups excluding carboxylic acids is 1. The van der Waals surface area contributed by atoms with E-state index in [0.29, 0.717) is 5.75 Å². The van der Waals surface area contributed by atoms with Crippen molar-refractivity contribution in [3.05, 3.63) is 18.0 Å². The molecule has 1 aromatic heterocycles. The van der Waals surface area contributed by atoms with E-state index in [0.717, 1.165) is 4.90 Å². The van der Waals surface area contributed by atoms with E-state index < -0.39 is 5.91 Å². The van der Waals surface area contributed by atoms with Crippen molar-refractivity contribution in [2.75, 3.05) is 13.4 Å². The van der Waals surface area contributed by atoms with Crippen molar-refractivity contribution in [1.29, 1.82) is 0 Å². The zero-order valence-electron chi connectivity index (χ0n) is 7.40. The summed E-state index contributed by atoms with van der Waals surface area (Å²) in [6, 6.07) is 1.54. The smallest absolute Gasteiger partial charge is 0.267 e. The lowest BCUT2D eigenvalue weighted by Crippen LogP contribution is -2.13. The van der Waals surface area contributed by atoms with Crippen LogP contribution < -0.4 is 10.5 Å². The van der Waals surface area contributed by atoms with Gasteiger partial charge in [-0.1, -0.05) is 0 Å². The van der Waals surface area contributed by atoms with Gasteiger partial charge >= 0.3 is 0 Å². The molecule has 2 N–H and O–H groups in total. The number of pyridine rings is 1. The summed E-state index contributed by atoms with van der Waals surface area (Å²) in [4.78, 5) is 15.5. The van der Waals surface area contributed by atoms with Crippen LogP contribution in [0.1, 0.15) is 10.5 Å². The van der Waals surface area contributed by atoms with E-state index in [1.807, 2.05) is 6.26 Å². The fourth-order valence-corrected chi connectivity index (χ4v) is 1.37. The first kappa shape index (κ1) is 9.85. The van der Waals surface area contributed by atoms with E-state index in [4.69, 9.17) is 10.5 Å². The highest BCUT2D eigenvalue weighted by Gasteiger charge is 2.07. The number of carbonyl (C=O) groups is 1. The highest BCUT2D eigenvalue weighted by Crippen LogP contribution is 2.26. The zero-order valence-corrected chi connectivity index (χ0v) is 8.22. The Morgan fingerprint density at radius 3 is 2.85 bits per heavy atom. The van der Waals surface area contributed by atoms with Gasteiger partial charge in [0.2, 0.25) is 0 Å². The van der Waals surface area contributed by atoms with Crippen molar-refractivity contribution in [2.45, 2.75) is 4.90 Å². The summed E-state index contributed by atoms with van der Waals surface area (Å²) < 4.78 is 5.06. The Kier molecular flexibility index (Phi) is 3.13. The number of thioether (sulfide) groups is 1. The maximum atomic E-state index is 10.8. The first-order valence-corrected chi connectivity index (χ1v) is 4.79. The van der Waals surface area contributed by atoms with E-state index in [-0.39, 0.29) is 5.69 Å². The lowest BCUT2D eigenvalue weighted by molar-refractivity contribution is 0.0995. The van der Waals surface area contributed by atoms with Gasteiger partial charge in [0.25, 0.3) is 5.91 Å². The number of primary amides is 1. The second kappa shape index (κ2) is 4.13. The Bertz CT molecular complexity index is 328. The summed E-state index contributed by atoms with van der Waals surface area (Å²) in [6.07, 6.45) is 3.48. The van der Waals surface area contributed by atoms with E-state index in [9.17, 15) is 4.79 Å². The van der Waals surface area contributed by atoms with Crippen LogP contribution in [0.4, 0.5) is 0 Å². The molecule has 0 bridgehead atoms. The van der Waals surface area contributed by atoms with Crippen molar-refractivity contribution >= 4 is 17.7 Å². The molecule has 0 atom stereocenters. The molecule has 4 nitrogen and oxygen atoms in total. The summed E-state index contributed by atoms with van der Waals surface area (Å²) in [5, 5.41) is 0. The summed E-state index contributed by atoms with van der Waals surface area (Å²) in [5.41, 5.74) is 5.28. The molecule has 0 aliphatic carbocycles.